The van der Waals surface area contributed by atoms with Gasteiger partial charge < -0.3 is 10.4 Å². The van der Waals surface area contributed by atoms with Crippen molar-refractivity contribution in [3.8, 4) is 0 Å². The molecular formula is C12H14N2O3. The van der Waals surface area contributed by atoms with Crippen LogP contribution >= 0.6 is 0 Å². The zero-order valence-electron chi connectivity index (χ0n) is 9.56. The number of carbonyl (C=O) groups is 2. The summed E-state index contributed by atoms with van der Waals surface area (Å²) in [6.07, 6.45) is -0.352. The van der Waals surface area contributed by atoms with E-state index in [4.69, 9.17) is 5.11 Å². The summed E-state index contributed by atoms with van der Waals surface area (Å²) in [5.74, 6) is -0.355. The number of anilines is 1. The smallest absolute Gasteiger partial charge is 0.418 e. The Bertz CT molecular complexity index is 471. The molecular weight excluding hydrogens is 220 g/mol. The van der Waals surface area contributed by atoms with Crippen LogP contribution in [-0.2, 0) is 17.8 Å². The van der Waals surface area contributed by atoms with E-state index in [0.29, 0.717) is 12.1 Å². The van der Waals surface area contributed by atoms with Gasteiger partial charge in [-0.25, -0.2) is 9.69 Å². The van der Waals surface area contributed by atoms with Crippen molar-refractivity contribution < 1.29 is 14.7 Å². The summed E-state index contributed by atoms with van der Waals surface area (Å²) < 4.78 is 0. The van der Waals surface area contributed by atoms with Crippen LogP contribution in [0.4, 0.5) is 10.5 Å². The van der Waals surface area contributed by atoms with E-state index in [1.165, 1.54) is 0 Å². The maximum absolute atomic E-state index is 11.5. The number of carbonyl (C=O) groups excluding carboxylic acids is 1. The van der Waals surface area contributed by atoms with E-state index in [1.54, 1.807) is 6.07 Å². The summed E-state index contributed by atoms with van der Waals surface area (Å²) in [6, 6.07) is 5.49. The minimum atomic E-state index is -1.21. The van der Waals surface area contributed by atoms with Gasteiger partial charge in [-0.3, -0.25) is 4.79 Å². The van der Waals surface area contributed by atoms with Gasteiger partial charge in [0.25, 0.3) is 0 Å². The number of benzene rings is 1. The molecule has 0 saturated carbocycles. The summed E-state index contributed by atoms with van der Waals surface area (Å²) in [5.41, 5.74) is 2.50. The number of nitrogens with one attached hydrogen (secondary N) is 1. The monoisotopic (exact) mass is 234 g/mol. The van der Waals surface area contributed by atoms with E-state index in [9.17, 15) is 9.59 Å². The number of aryl methyl sites for hydroxylation is 1. The van der Waals surface area contributed by atoms with Gasteiger partial charge in [-0.05, 0) is 30.7 Å². The van der Waals surface area contributed by atoms with Gasteiger partial charge in [-0.2, -0.15) is 0 Å². The average Bonchev–Trinajstić information content (AvgIpc) is 2.29. The Kier molecular flexibility index (Phi) is 3.10. The molecule has 0 bridgehead atoms. The van der Waals surface area contributed by atoms with Gasteiger partial charge in [-0.15, -0.1) is 0 Å². The number of fused-ring (bicyclic) bond motifs is 1. The van der Waals surface area contributed by atoms with Crippen LogP contribution in [-0.4, -0.2) is 24.2 Å². The van der Waals surface area contributed by atoms with E-state index < -0.39 is 6.09 Å². The van der Waals surface area contributed by atoms with Crippen LogP contribution < -0.4 is 10.2 Å². The van der Waals surface area contributed by atoms with Gasteiger partial charge in [0.1, 0.15) is 0 Å². The van der Waals surface area contributed by atoms with Gasteiger partial charge in [0.05, 0.1) is 5.69 Å². The highest BCUT2D eigenvalue weighted by Gasteiger charge is 2.29. The molecule has 0 unspecified atom stereocenters. The minimum Gasteiger partial charge on any atom is -0.464 e. The van der Waals surface area contributed by atoms with E-state index >= 15 is 0 Å². The summed E-state index contributed by atoms with van der Waals surface area (Å²) in [7, 11) is 1.85. The molecule has 0 fully saturated rings. The molecule has 5 heteroatoms. The number of rotatable bonds is 2. The molecule has 0 saturated heterocycles. The van der Waals surface area contributed by atoms with Crippen LogP contribution in [0.25, 0.3) is 0 Å². The van der Waals surface area contributed by atoms with E-state index in [-0.39, 0.29) is 12.3 Å². The van der Waals surface area contributed by atoms with Crippen molar-refractivity contribution in [3.05, 3.63) is 29.3 Å². The highest BCUT2D eigenvalue weighted by molar-refractivity contribution is 6.13. The van der Waals surface area contributed by atoms with Gasteiger partial charge in [0.2, 0.25) is 5.91 Å². The lowest BCUT2D eigenvalue weighted by Crippen LogP contribution is -2.39. The molecule has 0 aromatic heterocycles. The lowest BCUT2D eigenvalue weighted by atomic mass is 9.99. The first-order valence-electron chi connectivity index (χ1n) is 5.45. The predicted octanol–water partition coefficient (Wildman–Crippen LogP) is 1.36. The van der Waals surface area contributed by atoms with Crippen LogP contribution in [0.5, 0.6) is 0 Å². The number of imide groups is 1. The topological polar surface area (TPSA) is 69.6 Å². The van der Waals surface area contributed by atoms with Gasteiger partial charge in [0, 0.05) is 13.0 Å². The van der Waals surface area contributed by atoms with Gasteiger partial charge >= 0.3 is 6.09 Å². The van der Waals surface area contributed by atoms with Crippen molar-refractivity contribution in [2.75, 3.05) is 11.9 Å². The van der Waals surface area contributed by atoms with Crippen molar-refractivity contribution >= 4 is 17.7 Å². The number of amides is 2. The number of hydrogen-bond donors (Lipinski definition) is 2. The van der Waals surface area contributed by atoms with Crippen molar-refractivity contribution in [2.45, 2.75) is 19.4 Å². The molecule has 1 heterocycles. The molecule has 1 aliphatic heterocycles. The fourth-order valence-electron chi connectivity index (χ4n) is 2.07. The number of nitrogens with zero attached hydrogens (tertiary/aromatic N) is 1. The predicted molar refractivity (Wildman–Crippen MR) is 63.0 cm³/mol. The fraction of sp³-hybridized carbons (Fsp3) is 0.333. The van der Waals surface area contributed by atoms with Crippen molar-refractivity contribution in [1.29, 1.82) is 0 Å². The Morgan fingerprint density at radius 3 is 2.88 bits per heavy atom. The highest BCUT2D eigenvalue weighted by atomic mass is 16.4. The molecule has 1 aromatic carbocycles. The SMILES string of the molecule is CNCc1ccc2c(c1)CCC(=O)N2C(=O)O. The van der Waals surface area contributed by atoms with Crippen LogP contribution in [0, 0.1) is 0 Å². The zero-order valence-corrected chi connectivity index (χ0v) is 9.56. The van der Waals surface area contributed by atoms with Crippen LogP contribution in [0.15, 0.2) is 18.2 Å². The Hall–Kier alpha value is -1.88. The van der Waals surface area contributed by atoms with Crippen molar-refractivity contribution in [3.63, 3.8) is 0 Å². The third-order valence-corrected chi connectivity index (χ3v) is 2.81. The number of hydrogen-bond acceptors (Lipinski definition) is 3. The molecule has 1 aliphatic rings. The van der Waals surface area contributed by atoms with Crippen LogP contribution in [0.2, 0.25) is 0 Å². The number of carboxylic acid groups (broad SMARTS) is 1. The average molecular weight is 234 g/mol. The van der Waals surface area contributed by atoms with Gasteiger partial charge in [0.15, 0.2) is 0 Å². The lowest BCUT2D eigenvalue weighted by Gasteiger charge is -2.25. The van der Waals surface area contributed by atoms with E-state index in [2.05, 4.69) is 5.32 Å². The van der Waals surface area contributed by atoms with Crippen LogP contribution in [0.1, 0.15) is 17.5 Å². The van der Waals surface area contributed by atoms with Gasteiger partial charge in [-0.1, -0.05) is 12.1 Å². The molecule has 1 aromatic rings. The first kappa shape index (κ1) is 11.6. The van der Waals surface area contributed by atoms with E-state index in [1.807, 2.05) is 19.2 Å². The molecule has 0 aliphatic carbocycles. The highest BCUT2D eigenvalue weighted by Crippen LogP contribution is 2.28. The van der Waals surface area contributed by atoms with Crippen molar-refractivity contribution in [1.82, 2.24) is 5.32 Å². The summed E-state index contributed by atoms with van der Waals surface area (Å²) in [5, 5.41) is 12.1. The Morgan fingerprint density at radius 1 is 1.47 bits per heavy atom. The third-order valence-electron chi connectivity index (χ3n) is 2.81. The first-order valence-corrected chi connectivity index (χ1v) is 5.45. The Labute approximate surface area is 99.0 Å². The summed E-state index contributed by atoms with van der Waals surface area (Å²) in [6.45, 7) is 0.730. The molecule has 0 atom stereocenters. The maximum atomic E-state index is 11.5. The second-order valence-electron chi connectivity index (χ2n) is 4.01. The normalized spacial score (nSPS) is 14.6. The van der Waals surface area contributed by atoms with E-state index in [0.717, 1.165) is 22.6 Å². The quantitative estimate of drug-likeness (QED) is 0.810. The third kappa shape index (κ3) is 2.14. The second-order valence-corrected chi connectivity index (χ2v) is 4.01. The lowest BCUT2D eigenvalue weighted by molar-refractivity contribution is -0.118. The first-order chi connectivity index (χ1) is 8.13. The zero-order chi connectivity index (χ0) is 12.4. The molecule has 2 rings (SSSR count). The standard InChI is InChI=1S/C12H14N2O3/c1-13-7-8-2-4-10-9(6-8)3-5-11(15)14(10)12(16)17/h2,4,6,13H,3,5,7H2,1H3,(H,16,17). The molecule has 2 amide bonds. The second kappa shape index (κ2) is 4.55. The molecule has 90 valence electrons. The largest absolute Gasteiger partial charge is 0.464 e. The Balaban J connectivity index is 2.40. The summed E-state index contributed by atoms with van der Waals surface area (Å²) in [4.78, 5) is 23.4. The molecule has 17 heavy (non-hydrogen) atoms. The molecule has 0 spiro atoms. The van der Waals surface area contributed by atoms with Crippen molar-refractivity contribution in [2.24, 2.45) is 0 Å². The molecule has 0 radical (unpaired) electrons. The minimum absolute atomic E-state index is 0.252. The molecule has 5 nitrogen and oxygen atoms in total. The maximum Gasteiger partial charge on any atom is 0.418 e. The van der Waals surface area contributed by atoms with Crippen LogP contribution in [0.3, 0.4) is 0 Å². The summed E-state index contributed by atoms with van der Waals surface area (Å²) >= 11 is 0. The fourth-order valence-corrected chi connectivity index (χ4v) is 2.07. The molecule has 2 N–H and O–H groups in total. The Morgan fingerprint density at radius 2 is 2.24 bits per heavy atom.